The molecule has 2 N–H and O–H groups in total. The Kier molecular flexibility index (Phi) is 5.69. The standard InChI is InChI=1S/C18H21NO5S/c1-4-24-16-10-9-13(12(2)3)11-17(16)25(22,23)19-15-8-6-5-7-14(15)18(20)21/h5-12,19H,4H2,1-3H3,(H,20,21). The van der Waals surface area contributed by atoms with Crippen molar-refractivity contribution in [3.05, 3.63) is 53.6 Å². The Balaban J connectivity index is 2.52. The number of carboxylic acids is 1. The van der Waals surface area contributed by atoms with Gasteiger partial charge in [-0.05, 0) is 42.7 Å². The van der Waals surface area contributed by atoms with Gasteiger partial charge >= 0.3 is 5.97 Å². The van der Waals surface area contributed by atoms with Gasteiger partial charge in [-0.1, -0.05) is 32.0 Å². The summed E-state index contributed by atoms with van der Waals surface area (Å²) in [5, 5.41) is 9.23. The smallest absolute Gasteiger partial charge is 0.337 e. The maximum atomic E-state index is 12.9. The SMILES string of the molecule is CCOc1ccc(C(C)C)cc1S(=O)(=O)Nc1ccccc1C(=O)O. The van der Waals surface area contributed by atoms with Crippen LogP contribution < -0.4 is 9.46 Å². The molecule has 2 aromatic carbocycles. The van der Waals surface area contributed by atoms with Crippen LogP contribution in [-0.4, -0.2) is 26.1 Å². The molecule has 0 aliphatic heterocycles. The minimum absolute atomic E-state index is 0.00685. The molecule has 0 radical (unpaired) electrons. The van der Waals surface area contributed by atoms with E-state index in [4.69, 9.17) is 4.74 Å². The third-order valence-electron chi connectivity index (χ3n) is 3.63. The molecule has 0 saturated heterocycles. The van der Waals surface area contributed by atoms with Gasteiger partial charge < -0.3 is 9.84 Å². The molecule has 0 saturated carbocycles. The summed E-state index contributed by atoms with van der Waals surface area (Å²) in [6.07, 6.45) is 0. The molecule has 0 unspecified atom stereocenters. The van der Waals surface area contributed by atoms with Crippen LogP contribution in [0.2, 0.25) is 0 Å². The maximum Gasteiger partial charge on any atom is 0.337 e. The van der Waals surface area contributed by atoms with Gasteiger partial charge in [-0.3, -0.25) is 4.72 Å². The molecule has 0 heterocycles. The second-order valence-electron chi connectivity index (χ2n) is 5.75. The number of benzene rings is 2. The van der Waals surface area contributed by atoms with E-state index in [1.165, 1.54) is 18.2 Å². The van der Waals surface area contributed by atoms with Crippen molar-refractivity contribution in [2.24, 2.45) is 0 Å². The van der Waals surface area contributed by atoms with Gasteiger partial charge in [0.05, 0.1) is 17.9 Å². The van der Waals surface area contributed by atoms with Gasteiger partial charge in [-0.25, -0.2) is 13.2 Å². The molecular weight excluding hydrogens is 342 g/mol. The Labute approximate surface area is 147 Å². The summed E-state index contributed by atoms with van der Waals surface area (Å²) in [5.74, 6) is -0.845. The van der Waals surface area contributed by atoms with Crippen molar-refractivity contribution in [3.63, 3.8) is 0 Å². The van der Waals surface area contributed by atoms with Crippen LogP contribution in [0.5, 0.6) is 5.75 Å². The van der Waals surface area contributed by atoms with E-state index in [1.54, 1.807) is 25.1 Å². The number of carbonyl (C=O) groups is 1. The Morgan fingerprint density at radius 1 is 1.20 bits per heavy atom. The third kappa shape index (κ3) is 4.30. The fourth-order valence-corrected chi connectivity index (χ4v) is 3.59. The number of nitrogens with one attached hydrogen (secondary N) is 1. The second-order valence-corrected chi connectivity index (χ2v) is 7.40. The van der Waals surface area contributed by atoms with Crippen LogP contribution in [0.4, 0.5) is 5.69 Å². The van der Waals surface area contributed by atoms with Crippen LogP contribution in [0.25, 0.3) is 0 Å². The summed E-state index contributed by atoms with van der Waals surface area (Å²) in [5.41, 5.74) is 0.729. The summed E-state index contributed by atoms with van der Waals surface area (Å²) >= 11 is 0. The summed E-state index contributed by atoms with van der Waals surface area (Å²) in [7, 11) is -4.02. The van der Waals surface area contributed by atoms with Crippen LogP contribution in [0.15, 0.2) is 47.4 Å². The van der Waals surface area contributed by atoms with E-state index < -0.39 is 16.0 Å². The molecule has 0 aliphatic carbocycles. The average Bonchev–Trinajstić information content (AvgIpc) is 2.55. The van der Waals surface area contributed by atoms with Gasteiger partial charge in [0.15, 0.2) is 0 Å². The Bertz CT molecular complexity index is 875. The first kappa shape index (κ1) is 18.8. The first-order chi connectivity index (χ1) is 11.8. The van der Waals surface area contributed by atoms with E-state index in [9.17, 15) is 18.3 Å². The number of aromatic carboxylic acids is 1. The van der Waals surface area contributed by atoms with Gasteiger partial charge in [0, 0.05) is 0 Å². The number of anilines is 1. The number of sulfonamides is 1. The largest absolute Gasteiger partial charge is 0.492 e. The van der Waals surface area contributed by atoms with Gasteiger partial charge in [-0.15, -0.1) is 0 Å². The number of carboxylic acid groups (broad SMARTS) is 1. The zero-order valence-electron chi connectivity index (χ0n) is 14.3. The Morgan fingerprint density at radius 3 is 2.48 bits per heavy atom. The highest BCUT2D eigenvalue weighted by Gasteiger charge is 2.23. The normalized spacial score (nSPS) is 11.4. The molecule has 7 heteroatoms. The number of para-hydroxylation sites is 1. The first-order valence-electron chi connectivity index (χ1n) is 7.88. The molecule has 0 atom stereocenters. The number of hydrogen-bond acceptors (Lipinski definition) is 4. The van der Waals surface area contributed by atoms with Crippen LogP contribution in [0, 0.1) is 0 Å². The molecule has 0 fully saturated rings. The zero-order valence-corrected chi connectivity index (χ0v) is 15.1. The monoisotopic (exact) mass is 363 g/mol. The molecular formula is C18H21NO5S. The molecule has 0 bridgehead atoms. The maximum absolute atomic E-state index is 12.9. The zero-order chi connectivity index (χ0) is 18.6. The second kappa shape index (κ2) is 7.57. The molecule has 0 aliphatic rings. The van der Waals surface area contributed by atoms with Crippen molar-refractivity contribution in [2.45, 2.75) is 31.6 Å². The van der Waals surface area contributed by atoms with Gasteiger partial charge in [0.25, 0.3) is 10.0 Å². The summed E-state index contributed by atoms with van der Waals surface area (Å²) < 4.78 is 33.5. The highest BCUT2D eigenvalue weighted by atomic mass is 32.2. The van der Waals surface area contributed by atoms with Crippen molar-refractivity contribution in [1.82, 2.24) is 0 Å². The van der Waals surface area contributed by atoms with E-state index >= 15 is 0 Å². The molecule has 0 amide bonds. The van der Waals surface area contributed by atoms with E-state index in [0.717, 1.165) is 5.56 Å². The molecule has 0 spiro atoms. The fourth-order valence-electron chi connectivity index (χ4n) is 2.33. The van der Waals surface area contributed by atoms with E-state index in [1.807, 2.05) is 19.9 Å². The summed E-state index contributed by atoms with van der Waals surface area (Å²) in [6, 6.07) is 10.9. The van der Waals surface area contributed by atoms with Gasteiger partial charge in [0.2, 0.25) is 0 Å². The minimum Gasteiger partial charge on any atom is -0.492 e. The topological polar surface area (TPSA) is 92.7 Å². The van der Waals surface area contributed by atoms with E-state index in [2.05, 4.69) is 4.72 Å². The van der Waals surface area contributed by atoms with E-state index in [-0.39, 0.29) is 27.8 Å². The lowest BCUT2D eigenvalue weighted by Crippen LogP contribution is -2.17. The Morgan fingerprint density at radius 2 is 1.88 bits per heavy atom. The van der Waals surface area contributed by atoms with Crippen molar-refractivity contribution in [1.29, 1.82) is 0 Å². The van der Waals surface area contributed by atoms with Crippen molar-refractivity contribution in [3.8, 4) is 5.75 Å². The van der Waals surface area contributed by atoms with Crippen molar-refractivity contribution in [2.75, 3.05) is 11.3 Å². The van der Waals surface area contributed by atoms with Crippen LogP contribution >= 0.6 is 0 Å². The fraction of sp³-hybridized carbons (Fsp3) is 0.278. The van der Waals surface area contributed by atoms with Crippen molar-refractivity contribution >= 4 is 21.7 Å². The van der Waals surface area contributed by atoms with Gasteiger partial charge in [0.1, 0.15) is 10.6 Å². The lowest BCUT2D eigenvalue weighted by atomic mass is 10.0. The van der Waals surface area contributed by atoms with Crippen LogP contribution in [0.3, 0.4) is 0 Å². The molecule has 25 heavy (non-hydrogen) atoms. The number of rotatable bonds is 7. The van der Waals surface area contributed by atoms with E-state index in [0.29, 0.717) is 6.61 Å². The number of hydrogen-bond donors (Lipinski definition) is 2. The lowest BCUT2D eigenvalue weighted by Gasteiger charge is -2.16. The van der Waals surface area contributed by atoms with Crippen LogP contribution in [-0.2, 0) is 10.0 Å². The Hall–Kier alpha value is -2.54. The van der Waals surface area contributed by atoms with Gasteiger partial charge in [-0.2, -0.15) is 0 Å². The van der Waals surface area contributed by atoms with Crippen molar-refractivity contribution < 1.29 is 23.1 Å². The highest BCUT2D eigenvalue weighted by molar-refractivity contribution is 7.92. The summed E-state index contributed by atoms with van der Waals surface area (Å²) in [6.45, 7) is 5.99. The molecule has 2 aromatic rings. The third-order valence-corrected chi connectivity index (χ3v) is 5.01. The molecule has 0 aromatic heterocycles. The average molecular weight is 363 g/mol. The molecule has 134 valence electrons. The quantitative estimate of drug-likeness (QED) is 0.782. The highest BCUT2D eigenvalue weighted by Crippen LogP contribution is 2.30. The predicted molar refractivity (Wildman–Crippen MR) is 95.9 cm³/mol. The van der Waals surface area contributed by atoms with Crippen LogP contribution in [0.1, 0.15) is 42.6 Å². The first-order valence-corrected chi connectivity index (χ1v) is 9.36. The predicted octanol–water partition coefficient (Wildman–Crippen LogP) is 3.71. The molecule has 6 nitrogen and oxygen atoms in total. The molecule has 2 rings (SSSR count). The lowest BCUT2D eigenvalue weighted by molar-refractivity contribution is 0.0698. The summed E-state index contributed by atoms with van der Waals surface area (Å²) in [4.78, 5) is 11.3. The number of ether oxygens (including phenoxy) is 1. The minimum atomic E-state index is -4.02.